The standard InChI is InChI=1S/C22H24BrN3O4/c1-25(2)19(27)12-30-20-16(23)10-13(11-18(20)29-3)21-24-17-7-5-4-6-15(17)22(28)26(21)14-8-9-14/h4-7,10-11,14,21,24H,8-9,12H2,1-3H3/t21-/m1/s1. The Bertz CT molecular complexity index is 990. The number of nitrogens with zero attached hydrogens (tertiary/aromatic N) is 2. The van der Waals surface area contributed by atoms with Gasteiger partial charge in [0.25, 0.3) is 11.8 Å². The molecule has 2 amide bonds. The van der Waals surface area contributed by atoms with Gasteiger partial charge in [-0.2, -0.15) is 0 Å². The molecule has 0 aromatic heterocycles. The van der Waals surface area contributed by atoms with Gasteiger partial charge in [-0.15, -0.1) is 0 Å². The van der Waals surface area contributed by atoms with Crippen LogP contribution in [0.25, 0.3) is 0 Å². The third kappa shape index (κ3) is 3.84. The van der Waals surface area contributed by atoms with Crippen molar-refractivity contribution in [3.05, 3.63) is 52.0 Å². The van der Waals surface area contributed by atoms with Crippen molar-refractivity contribution in [3.63, 3.8) is 0 Å². The Hall–Kier alpha value is -2.74. The quantitative estimate of drug-likeness (QED) is 0.692. The molecule has 1 saturated carbocycles. The van der Waals surface area contributed by atoms with Crippen LogP contribution in [0.4, 0.5) is 5.69 Å². The van der Waals surface area contributed by atoms with E-state index in [4.69, 9.17) is 9.47 Å². The molecule has 1 aliphatic carbocycles. The first-order valence-corrected chi connectivity index (χ1v) is 10.6. The average Bonchev–Trinajstić information content (AvgIpc) is 3.57. The van der Waals surface area contributed by atoms with Crippen LogP contribution >= 0.6 is 15.9 Å². The molecule has 8 heteroatoms. The van der Waals surface area contributed by atoms with Crippen LogP contribution in [-0.4, -0.2) is 55.5 Å². The van der Waals surface area contributed by atoms with E-state index in [1.54, 1.807) is 21.2 Å². The molecule has 1 heterocycles. The number of hydrogen-bond acceptors (Lipinski definition) is 5. The smallest absolute Gasteiger partial charge is 0.259 e. The van der Waals surface area contributed by atoms with E-state index in [0.29, 0.717) is 21.5 Å². The van der Waals surface area contributed by atoms with Gasteiger partial charge in [-0.1, -0.05) is 12.1 Å². The number of carbonyl (C=O) groups is 2. The van der Waals surface area contributed by atoms with E-state index in [-0.39, 0.29) is 30.6 Å². The van der Waals surface area contributed by atoms with Crippen molar-refractivity contribution in [2.75, 3.05) is 33.1 Å². The summed E-state index contributed by atoms with van der Waals surface area (Å²) in [7, 11) is 4.91. The van der Waals surface area contributed by atoms with Crippen LogP contribution in [0.1, 0.15) is 34.9 Å². The largest absolute Gasteiger partial charge is 0.493 e. The number of amides is 2. The molecule has 0 bridgehead atoms. The number of halogens is 1. The van der Waals surface area contributed by atoms with E-state index < -0.39 is 0 Å². The molecule has 0 spiro atoms. The average molecular weight is 474 g/mol. The van der Waals surface area contributed by atoms with Gasteiger partial charge in [0.05, 0.1) is 17.1 Å². The minimum atomic E-state index is -0.317. The molecule has 0 saturated heterocycles. The number of hydrogen-bond donors (Lipinski definition) is 1. The topological polar surface area (TPSA) is 71.1 Å². The summed E-state index contributed by atoms with van der Waals surface area (Å²) in [6.07, 6.45) is 1.68. The number of rotatable bonds is 6. The van der Waals surface area contributed by atoms with Crippen molar-refractivity contribution in [3.8, 4) is 11.5 Å². The summed E-state index contributed by atoms with van der Waals surface area (Å²) < 4.78 is 11.9. The second-order valence-electron chi connectivity index (χ2n) is 7.65. The minimum absolute atomic E-state index is 0.0313. The maximum Gasteiger partial charge on any atom is 0.259 e. The molecule has 1 aliphatic heterocycles. The first kappa shape index (κ1) is 20.5. The summed E-state index contributed by atoms with van der Waals surface area (Å²) >= 11 is 3.55. The molecule has 30 heavy (non-hydrogen) atoms. The summed E-state index contributed by atoms with van der Waals surface area (Å²) in [4.78, 5) is 28.5. The Morgan fingerprint density at radius 1 is 1.27 bits per heavy atom. The van der Waals surface area contributed by atoms with Gasteiger partial charge in [0, 0.05) is 25.8 Å². The van der Waals surface area contributed by atoms with Gasteiger partial charge in [-0.25, -0.2) is 0 Å². The normalized spacial score (nSPS) is 17.8. The molecule has 4 rings (SSSR count). The molecular weight excluding hydrogens is 450 g/mol. The number of carbonyl (C=O) groups excluding carboxylic acids is 2. The van der Waals surface area contributed by atoms with Gasteiger partial charge in [-0.3, -0.25) is 9.59 Å². The fourth-order valence-electron chi connectivity index (χ4n) is 3.54. The van der Waals surface area contributed by atoms with E-state index >= 15 is 0 Å². The highest BCUT2D eigenvalue weighted by molar-refractivity contribution is 9.10. The van der Waals surface area contributed by atoms with Gasteiger partial charge in [0.15, 0.2) is 18.1 Å². The van der Waals surface area contributed by atoms with Gasteiger partial charge >= 0.3 is 0 Å². The lowest BCUT2D eigenvalue weighted by molar-refractivity contribution is -0.130. The van der Waals surface area contributed by atoms with Crippen LogP contribution in [0.15, 0.2) is 40.9 Å². The predicted octanol–water partition coefficient (Wildman–Crippen LogP) is 3.65. The van der Waals surface area contributed by atoms with Crippen molar-refractivity contribution in [2.45, 2.75) is 25.0 Å². The highest BCUT2D eigenvalue weighted by atomic mass is 79.9. The first-order chi connectivity index (χ1) is 14.4. The Morgan fingerprint density at radius 2 is 2.00 bits per heavy atom. The molecular formula is C22H24BrN3O4. The lowest BCUT2D eigenvalue weighted by Crippen LogP contribution is -2.44. The zero-order chi connectivity index (χ0) is 21.4. The Labute approximate surface area is 184 Å². The van der Waals surface area contributed by atoms with Crippen LogP contribution in [0, 0.1) is 0 Å². The highest BCUT2D eigenvalue weighted by Crippen LogP contribution is 2.44. The van der Waals surface area contributed by atoms with Gasteiger partial charge in [0.2, 0.25) is 0 Å². The fraction of sp³-hybridized carbons (Fsp3) is 0.364. The minimum Gasteiger partial charge on any atom is -0.493 e. The summed E-state index contributed by atoms with van der Waals surface area (Å²) in [6, 6.07) is 11.6. The van der Waals surface area contributed by atoms with Crippen LogP contribution < -0.4 is 14.8 Å². The Kier molecular flexibility index (Phi) is 5.60. The molecule has 158 valence electrons. The van der Waals surface area contributed by atoms with Crippen LogP contribution in [0.3, 0.4) is 0 Å². The zero-order valence-electron chi connectivity index (χ0n) is 17.1. The summed E-state index contributed by atoms with van der Waals surface area (Å²) in [5.74, 6) is 0.833. The van der Waals surface area contributed by atoms with Crippen molar-refractivity contribution < 1.29 is 19.1 Å². The van der Waals surface area contributed by atoms with Gasteiger partial charge in [0.1, 0.15) is 6.17 Å². The number of anilines is 1. The Morgan fingerprint density at radius 3 is 2.67 bits per heavy atom. The molecule has 2 aromatic carbocycles. The number of ether oxygens (including phenoxy) is 2. The number of likely N-dealkylation sites (N-methyl/N-ethyl adjacent to an activating group) is 1. The van der Waals surface area contributed by atoms with Crippen LogP contribution in [0.5, 0.6) is 11.5 Å². The maximum atomic E-state index is 13.2. The molecule has 0 unspecified atom stereocenters. The lowest BCUT2D eigenvalue weighted by atomic mass is 10.0. The van der Waals surface area contributed by atoms with Crippen molar-refractivity contribution in [1.29, 1.82) is 0 Å². The van der Waals surface area contributed by atoms with Crippen molar-refractivity contribution in [1.82, 2.24) is 9.80 Å². The fourth-order valence-corrected chi connectivity index (χ4v) is 4.12. The molecule has 2 aromatic rings. The monoisotopic (exact) mass is 473 g/mol. The molecule has 2 aliphatic rings. The van der Waals surface area contributed by atoms with Crippen LogP contribution in [-0.2, 0) is 4.79 Å². The SMILES string of the molecule is COc1cc([C@@H]2Nc3ccccc3C(=O)N2C2CC2)cc(Br)c1OCC(=O)N(C)C. The van der Waals surface area contributed by atoms with Gasteiger partial charge < -0.3 is 24.6 Å². The number of benzene rings is 2. The van der Waals surface area contributed by atoms with E-state index in [2.05, 4.69) is 21.2 Å². The third-order valence-corrected chi connectivity index (χ3v) is 5.90. The molecule has 0 radical (unpaired) electrons. The second kappa shape index (κ2) is 8.18. The molecule has 1 N–H and O–H groups in total. The van der Waals surface area contributed by atoms with E-state index in [9.17, 15) is 9.59 Å². The predicted molar refractivity (Wildman–Crippen MR) is 117 cm³/mol. The van der Waals surface area contributed by atoms with Crippen LogP contribution in [0.2, 0.25) is 0 Å². The first-order valence-electron chi connectivity index (χ1n) is 9.79. The summed E-state index contributed by atoms with van der Waals surface area (Å²) in [6.45, 7) is -0.0942. The van der Waals surface area contributed by atoms with E-state index in [1.807, 2.05) is 41.3 Å². The summed E-state index contributed by atoms with van der Waals surface area (Å²) in [5, 5.41) is 3.51. The van der Waals surface area contributed by atoms with Crippen molar-refractivity contribution >= 4 is 33.4 Å². The molecule has 7 nitrogen and oxygen atoms in total. The molecule has 1 fully saturated rings. The Balaban J connectivity index is 1.68. The number of methoxy groups -OCH3 is 1. The van der Waals surface area contributed by atoms with E-state index in [1.165, 1.54) is 4.90 Å². The number of para-hydroxylation sites is 1. The molecule has 1 atom stereocenters. The third-order valence-electron chi connectivity index (χ3n) is 5.31. The highest BCUT2D eigenvalue weighted by Gasteiger charge is 2.42. The number of nitrogens with one attached hydrogen (secondary N) is 1. The second-order valence-corrected chi connectivity index (χ2v) is 8.50. The zero-order valence-corrected chi connectivity index (χ0v) is 18.7. The van der Waals surface area contributed by atoms with Gasteiger partial charge in [-0.05, 0) is 58.6 Å². The lowest BCUT2D eigenvalue weighted by Gasteiger charge is -2.38. The van der Waals surface area contributed by atoms with Crippen molar-refractivity contribution in [2.24, 2.45) is 0 Å². The van der Waals surface area contributed by atoms with E-state index in [0.717, 1.165) is 24.1 Å². The number of fused-ring (bicyclic) bond motifs is 1. The summed E-state index contributed by atoms with van der Waals surface area (Å²) in [5.41, 5.74) is 2.38. The maximum absolute atomic E-state index is 13.2.